The first-order chi connectivity index (χ1) is 9.67. The molecule has 5 atom stereocenters. The summed E-state index contributed by atoms with van der Waals surface area (Å²) in [4.78, 5) is 0. The number of aliphatic hydroxyl groups is 1. The van der Waals surface area contributed by atoms with Gasteiger partial charge in [0, 0.05) is 7.11 Å². The maximum atomic E-state index is 9.37. The smallest absolute Gasteiger partial charge is 0.184 e. The van der Waals surface area contributed by atoms with Crippen molar-refractivity contribution in [3.63, 3.8) is 0 Å². The van der Waals surface area contributed by atoms with Crippen LogP contribution in [-0.4, -0.2) is 37.3 Å². The van der Waals surface area contributed by atoms with Crippen molar-refractivity contribution in [3.05, 3.63) is 35.9 Å². The SMILES string of the molecule is CO[C@H]1OC(CO)[C@H](C)[C@H](C)[C@H]1OCc1ccccc1. The average Bonchev–Trinajstić information content (AvgIpc) is 2.49. The summed E-state index contributed by atoms with van der Waals surface area (Å²) in [7, 11) is 1.61. The normalized spacial score (nSPS) is 34.1. The topological polar surface area (TPSA) is 47.9 Å². The van der Waals surface area contributed by atoms with E-state index < -0.39 is 6.29 Å². The predicted octanol–water partition coefficient (Wildman–Crippen LogP) is 2.21. The highest BCUT2D eigenvalue weighted by atomic mass is 16.7. The van der Waals surface area contributed by atoms with Crippen molar-refractivity contribution >= 4 is 0 Å². The monoisotopic (exact) mass is 280 g/mol. The van der Waals surface area contributed by atoms with Gasteiger partial charge in [-0.05, 0) is 17.4 Å². The molecule has 0 amide bonds. The van der Waals surface area contributed by atoms with Gasteiger partial charge in [0.05, 0.1) is 19.3 Å². The third-order valence-corrected chi connectivity index (χ3v) is 4.21. The van der Waals surface area contributed by atoms with Crippen LogP contribution in [0.3, 0.4) is 0 Å². The molecule has 1 aromatic carbocycles. The summed E-state index contributed by atoms with van der Waals surface area (Å²) in [6, 6.07) is 10.1. The largest absolute Gasteiger partial charge is 0.394 e. The van der Waals surface area contributed by atoms with Crippen molar-refractivity contribution < 1.29 is 19.3 Å². The second kappa shape index (κ2) is 7.18. The Morgan fingerprint density at radius 1 is 1.15 bits per heavy atom. The van der Waals surface area contributed by atoms with E-state index >= 15 is 0 Å². The highest BCUT2D eigenvalue weighted by Crippen LogP contribution is 2.33. The summed E-state index contributed by atoms with van der Waals surface area (Å²) in [5.41, 5.74) is 1.13. The minimum atomic E-state index is -0.429. The van der Waals surface area contributed by atoms with Crippen LogP contribution in [0.5, 0.6) is 0 Å². The van der Waals surface area contributed by atoms with E-state index in [0.29, 0.717) is 6.61 Å². The van der Waals surface area contributed by atoms with Crippen LogP contribution in [0, 0.1) is 11.8 Å². The molecule has 1 N–H and O–H groups in total. The maximum Gasteiger partial charge on any atom is 0.184 e. The molecule has 4 heteroatoms. The summed E-state index contributed by atoms with van der Waals surface area (Å²) in [6.45, 7) is 4.75. The van der Waals surface area contributed by atoms with Gasteiger partial charge >= 0.3 is 0 Å². The van der Waals surface area contributed by atoms with E-state index in [1.165, 1.54) is 0 Å². The first-order valence-electron chi connectivity index (χ1n) is 7.12. The van der Waals surface area contributed by atoms with E-state index in [2.05, 4.69) is 13.8 Å². The van der Waals surface area contributed by atoms with E-state index in [-0.39, 0.29) is 30.7 Å². The van der Waals surface area contributed by atoms with Gasteiger partial charge in [0.2, 0.25) is 0 Å². The quantitative estimate of drug-likeness (QED) is 0.898. The zero-order valence-electron chi connectivity index (χ0n) is 12.4. The van der Waals surface area contributed by atoms with Gasteiger partial charge in [-0.15, -0.1) is 0 Å². The number of benzene rings is 1. The third-order valence-electron chi connectivity index (χ3n) is 4.21. The van der Waals surface area contributed by atoms with E-state index in [1.54, 1.807) is 7.11 Å². The number of hydrogen-bond acceptors (Lipinski definition) is 4. The van der Waals surface area contributed by atoms with E-state index in [1.807, 2.05) is 30.3 Å². The second-order valence-electron chi connectivity index (χ2n) is 5.44. The molecule has 2 rings (SSSR count). The molecule has 1 unspecified atom stereocenters. The first-order valence-corrected chi connectivity index (χ1v) is 7.12. The van der Waals surface area contributed by atoms with Crippen LogP contribution in [0.15, 0.2) is 30.3 Å². The van der Waals surface area contributed by atoms with Gasteiger partial charge in [-0.3, -0.25) is 0 Å². The second-order valence-corrected chi connectivity index (χ2v) is 5.44. The molecule has 1 aliphatic heterocycles. The van der Waals surface area contributed by atoms with Crippen LogP contribution in [0.25, 0.3) is 0 Å². The maximum absolute atomic E-state index is 9.37. The molecule has 112 valence electrons. The molecule has 0 bridgehead atoms. The van der Waals surface area contributed by atoms with Crippen molar-refractivity contribution in [2.75, 3.05) is 13.7 Å². The summed E-state index contributed by atoms with van der Waals surface area (Å²) in [6.07, 6.45) is -0.744. The number of rotatable bonds is 5. The lowest BCUT2D eigenvalue weighted by Gasteiger charge is -2.43. The van der Waals surface area contributed by atoms with Crippen LogP contribution < -0.4 is 0 Å². The molecule has 20 heavy (non-hydrogen) atoms. The fourth-order valence-electron chi connectivity index (χ4n) is 2.66. The minimum absolute atomic E-state index is 0.0107. The molecule has 1 saturated heterocycles. The Kier molecular flexibility index (Phi) is 5.54. The lowest BCUT2D eigenvalue weighted by atomic mass is 9.83. The first kappa shape index (κ1) is 15.4. The van der Waals surface area contributed by atoms with E-state index in [9.17, 15) is 5.11 Å². The molecule has 1 fully saturated rings. The van der Waals surface area contributed by atoms with Crippen molar-refractivity contribution in [1.82, 2.24) is 0 Å². The number of methoxy groups -OCH3 is 1. The van der Waals surface area contributed by atoms with Gasteiger partial charge in [0.1, 0.15) is 6.10 Å². The Morgan fingerprint density at radius 2 is 1.85 bits per heavy atom. The zero-order chi connectivity index (χ0) is 14.5. The van der Waals surface area contributed by atoms with Crippen LogP contribution in [0.2, 0.25) is 0 Å². The summed E-state index contributed by atoms with van der Waals surface area (Å²) < 4.78 is 17.2. The Labute approximate surface area is 120 Å². The predicted molar refractivity (Wildman–Crippen MR) is 76.1 cm³/mol. The highest BCUT2D eigenvalue weighted by Gasteiger charge is 2.42. The molecular weight excluding hydrogens is 256 g/mol. The molecular formula is C16H24O4. The van der Waals surface area contributed by atoms with Crippen LogP contribution in [-0.2, 0) is 20.8 Å². The zero-order valence-corrected chi connectivity index (χ0v) is 12.4. The van der Waals surface area contributed by atoms with Crippen LogP contribution in [0.1, 0.15) is 19.4 Å². The summed E-state index contributed by atoms with van der Waals surface area (Å²) in [5.74, 6) is 0.488. The molecule has 4 nitrogen and oxygen atoms in total. The van der Waals surface area contributed by atoms with Crippen molar-refractivity contribution in [1.29, 1.82) is 0 Å². The van der Waals surface area contributed by atoms with Gasteiger partial charge in [-0.1, -0.05) is 44.2 Å². The minimum Gasteiger partial charge on any atom is -0.394 e. The van der Waals surface area contributed by atoms with Gasteiger partial charge in [-0.2, -0.15) is 0 Å². The molecule has 0 spiro atoms. The fraction of sp³-hybridized carbons (Fsp3) is 0.625. The Hall–Kier alpha value is -0.940. The van der Waals surface area contributed by atoms with E-state index in [4.69, 9.17) is 14.2 Å². The van der Waals surface area contributed by atoms with Gasteiger partial charge < -0.3 is 19.3 Å². The molecule has 0 saturated carbocycles. The molecule has 0 aromatic heterocycles. The lowest BCUT2D eigenvalue weighted by Crippen LogP contribution is -2.52. The van der Waals surface area contributed by atoms with Crippen LogP contribution in [0.4, 0.5) is 0 Å². The average molecular weight is 280 g/mol. The van der Waals surface area contributed by atoms with Gasteiger partial charge in [-0.25, -0.2) is 0 Å². The molecule has 0 radical (unpaired) electrons. The molecule has 1 aromatic rings. The Balaban J connectivity index is 2.01. The molecule has 0 aliphatic carbocycles. The van der Waals surface area contributed by atoms with Crippen LogP contribution >= 0.6 is 0 Å². The highest BCUT2D eigenvalue weighted by molar-refractivity contribution is 5.13. The van der Waals surface area contributed by atoms with E-state index in [0.717, 1.165) is 5.56 Å². The summed E-state index contributed by atoms with van der Waals surface area (Å²) in [5, 5.41) is 9.37. The lowest BCUT2D eigenvalue weighted by molar-refractivity contribution is -0.279. The fourth-order valence-corrected chi connectivity index (χ4v) is 2.66. The molecule has 1 aliphatic rings. The number of aliphatic hydroxyl groups excluding tert-OH is 1. The Bertz CT molecular complexity index is 393. The molecule has 1 heterocycles. The van der Waals surface area contributed by atoms with Crippen molar-refractivity contribution in [3.8, 4) is 0 Å². The third kappa shape index (κ3) is 3.38. The number of hydrogen-bond donors (Lipinski definition) is 1. The van der Waals surface area contributed by atoms with Gasteiger partial charge in [0.15, 0.2) is 6.29 Å². The standard InChI is InChI=1S/C16H24O4/c1-11-12(2)15(16(18-3)20-14(11)9-17)19-10-13-7-5-4-6-8-13/h4-8,11-12,14-17H,9-10H2,1-3H3/t11-,12+,14?,15-,16+/m1/s1. The number of ether oxygens (including phenoxy) is 3. The van der Waals surface area contributed by atoms with Crippen molar-refractivity contribution in [2.45, 2.75) is 39.0 Å². The van der Waals surface area contributed by atoms with Crippen molar-refractivity contribution in [2.24, 2.45) is 11.8 Å². The summed E-state index contributed by atoms with van der Waals surface area (Å²) >= 11 is 0. The van der Waals surface area contributed by atoms with Gasteiger partial charge in [0.25, 0.3) is 0 Å². The Morgan fingerprint density at radius 3 is 2.45 bits per heavy atom.